The standard InChI is InChI=1S/C22H20N4O5/c23-8-2-1-5-14(22(29)30)26-21(28)12-6-7-17-15(10-12)25-20-13-4-3-9-24-19(13)16(27)11-18(20)31-17/h3-4,6-7,9-11,14H,1-2,5,8,23H2,(H,26,28)(H,29,30)/t14-/m0/s1. The second-order valence-corrected chi connectivity index (χ2v) is 7.17. The number of hydrogen-bond acceptors (Lipinski definition) is 7. The molecule has 2 heterocycles. The van der Waals surface area contributed by atoms with Crippen LogP contribution in [0.2, 0.25) is 0 Å². The molecule has 1 aromatic carbocycles. The molecule has 31 heavy (non-hydrogen) atoms. The molecule has 158 valence electrons. The van der Waals surface area contributed by atoms with Gasteiger partial charge in [-0.05, 0) is 56.1 Å². The Morgan fingerprint density at radius 1 is 1.19 bits per heavy atom. The van der Waals surface area contributed by atoms with Crippen LogP contribution in [0.25, 0.3) is 33.5 Å². The van der Waals surface area contributed by atoms with Gasteiger partial charge in [-0.15, -0.1) is 0 Å². The number of fused-ring (bicyclic) bond motifs is 4. The van der Waals surface area contributed by atoms with Crippen LogP contribution in [0.3, 0.4) is 0 Å². The summed E-state index contributed by atoms with van der Waals surface area (Å²) in [7, 11) is 0. The van der Waals surface area contributed by atoms with Crippen LogP contribution >= 0.6 is 0 Å². The number of nitrogens with two attached hydrogens (primary N) is 1. The molecule has 9 nitrogen and oxygen atoms in total. The number of carbonyl (C=O) groups is 2. The number of nitrogens with one attached hydrogen (secondary N) is 1. The Morgan fingerprint density at radius 3 is 2.81 bits per heavy atom. The first kappa shape index (κ1) is 20.4. The van der Waals surface area contributed by atoms with E-state index < -0.39 is 17.9 Å². The van der Waals surface area contributed by atoms with Gasteiger partial charge < -0.3 is 20.6 Å². The molecule has 0 radical (unpaired) electrons. The smallest absolute Gasteiger partial charge is 0.326 e. The third-order valence-corrected chi connectivity index (χ3v) is 5.02. The van der Waals surface area contributed by atoms with E-state index in [-0.39, 0.29) is 16.5 Å². The molecule has 2 aromatic rings. The third kappa shape index (κ3) is 4.08. The van der Waals surface area contributed by atoms with Crippen LogP contribution in [0.15, 0.2) is 51.8 Å². The average molecular weight is 420 g/mol. The zero-order valence-electron chi connectivity index (χ0n) is 16.5. The van der Waals surface area contributed by atoms with E-state index in [0.29, 0.717) is 53.7 Å². The van der Waals surface area contributed by atoms with Crippen molar-refractivity contribution >= 4 is 33.9 Å². The first-order valence-corrected chi connectivity index (χ1v) is 9.84. The molecule has 0 saturated heterocycles. The van der Waals surface area contributed by atoms with E-state index in [1.165, 1.54) is 24.4 Å². The molecule has 2 aliphatic rings. The maximum absolute atomic E-state index is 12.6. The maximum atomic E-state index is 12.6. The highest BCUT2D eigenvalue weighted by atomic mass is 16.4. The second kappa shape index (κ2) is 8.49. The summed E-state index contributed by atoms with van der Waals surface area (Å²) in [6, 6.07) is 8.39. The number of benzene rings is 2. The number of nitrogens with zero attached hydrogens (tertiary/aromatic N) is 2. The lowest BCUT2D eigenvalue weighted by molar-refractivity contribution is -0.139. The third-order valence-electron chi connectivity index (χ3n) is 5.02. The van der Waals surface area contributed by atoms with Crippen molar-refractivity contribution in [1.29, 1.82) is 0 Å². The molecule has 1 atom stereocenters. The minimum absolute atomic E-state index is 0.252. The lowest BCUT2D eigenvalue weighted by Gasteiger charge is -2.15. The van der Waals surface area contributed by atoms with E-state index in [2.05, 4.69) is 15.3 Å². The van der Waals surface area contributed by atoms with Crippen LogP contribution in [0.4, 0.5) is 0 Å². The molecular formula is C22H20N4O5. The van der Waals surface area contributed by atoms with Gasteiger partial charge in [0.15, 0.2) is 11.3 Å². The SMILES string of the molecule is NCCCC[C@H](NC(=O)c1ccc2oc3cc(=O)c4ncccc4c-3nc2c1)C(=O)O. The fourth-order valence-corrected chi connectivity index (χ4v) is 3.44. The lowest BCUT2D eigenvalue weighted by Crippen LogP contribution is -2.40. The number of carboxylic acid groups (broad SMARTS) is 1. The van der Waals surface area contributed by atoms with Crippen molar-refractivity contribution in [1.82, 2.24) is 15.3 Å². The minimum Gasteiger partial charge on any atom is -0.480 e. The highest BCUT2D eigenvalue weighted by Crippen LogP contribution is 2.29. The Hall–Kier alpha value is -3.85. The molecule has 4 N–H and O–H groups in total. The van der Waals surface area contributed by atoms with E-state index in [4.69, 9.17) is 10.2 Å². The number of aromatic nitrogens is 2. The summed E-state index contributed by atoms with van der Waals surface area (Å²) in [5, 5.41) is 12.5. The molecule has 0 spiro atoms. The number of carboxylic acids is 1. The van der Waals surface area contributed by atoms with Crippen LogP contribution < -0.4 is 16.5 Å². The quantitative estimate of drug-likeness (QED) is 0.234. The number of aliphatic carboxylic acids is 1. The summed E-state index contributed by atoms with van der Waals surface area (Å²) in [6.07, 6.45) is 3.10. The van der Waals surface area contributed by atoms with Gasteiger partial charge in [0, 0.05) is 23.2 Å². The maximum Gasteiger partial charge on any atom is 0.326 e. The minimum atomic E-state index is -1.10. The molecule has 0 unspecified atom stereocenters. The molecular weight excluding hydrogens is 400 g/mol. The van der Waals surface area contributed by atoms with E-state index in [1.807, 2.05) is 0 Å². The van der Waals surface area contributed by atoms with Crippen LogP contribution in [-0.2, 0) is 4.79 Å². The number of carbonyl (C=O) groups excluding carboxylic acids is 1. The summed E-state index contributed by atoms with van der Waals surface area (Å²) in [4.78, 5) is 45.1. The van der Waals surface area contributed by atoms with Gasteiger partial charge in [0.25, 0.3) is 5.91 Å². The zero-order valence-corrected chi connectivity index (χ0v) is 16.5. The molecule has 0 saturated carbocycles. The molecule has 9 heteroatoms. The van der Waals surface area contributed by atoms with Crippen LogP contribution in [-0.4, -0.2) is 39.5 Å². The first-order valence-electron chi connectivity index (χ1n) is 9.84. The van der Waals surface area contributed by atoms with Gasteiger partial charge in [-0.25, -0.2) is 9.78 Å². The average Bonchev–Trinajstić information content (AvgIpc) is 2.77. The van der Waals surface area contributed by atoms with Crippen molar-refractivity contribution in [3.63, 3.8) is 0 Å². The highest BCUT2D eigenvalue weighted by Gasteiger charge is 2.21. The Bertz CT molecular complexity index is 1320. The van der Waals surface area contributed by atoms with E-state index in [0.717, 1.165) is 0 Å². The number of pyridine rings is 1. The zero-order chi connectivity index (χ0) is 22.0. The van der Waals surface area contributed by atoms with Crippen molar-refractivity contribution in [3.8, 4) is 11.5 Å². The van der Waals surface area contributed by atoms with Gasteiger partial charge in [0.1, 0.15) is 22.8 Å². The second-order valence-electron chi connectivity index (χ2n) is 7.17. The highest BCUT2D eigenvalue weighted by molar-refractivity contribution is 6.00. The summed E-state index contributed by atoms with van der Waals surface area (Å²) < 4.78 is 5.83. The summed E-state index contributed by atoms with van der Waals surface area (Å²) >= 11 is 0. The Labute approximate surface area is 176 Å². The van der Waals surface area contributed by atoms with Crippen molar-refractivity contribution in [2.75, 3.05) is 6.54 Å². The van der Waals surface area contributed by atoms with E-state index in [9.17, 15) is 19.5 Å². The molecule has 1 aromatic heterocycles. The predicted molar refractivity (Wildman–Crippen MR) is 114 cm³/mol. The monoisotopic (exact) mass is 420 g/mol. The van der Waals surface area contributed by atoms with Crippen LogP contribution in [0, 0.1) is 0 Å². The number of rotatable bonds is 7. The van der Waals surface area contributed by atoms with Gasteiger partial charge in [-0.2, -0.15) is 0 Å². The van der Waals surface area contributed by atoms with E-state index >= 15 is 0 Å². The lowest BCUT2D eigenvalue weighted by atomic mass is 10.1. The van der Waals surface area contributed by atoms with Crippen molar-refractivity contribution in [3.05, 3.63) is 58.4 Å². The summed E-state index contributed by atoms with van der Waals surface area (Å²) in [5.41, 5.74) is 6.97. The normalized spacial score (nSPS) is 12.3. The summed E-state index contributed by atoms with van der Waals surface area (Å²) in [5.74, 6) is -1.30. The fraction of sp³-hybridized carbons (Fsp3) is 0.227. The van der Waals surface area contributed by atoms with Crippen LogP contribution in [0.5, 0.6) is 0 Å². The molecule has 1 amide bonds. The van der Waals surface area contributed by atoms with Gasteiger partial charge in [-0.1, -0.05) is 0 Å². The largest absolute Gasteiger partial charge is 0.480 e. The topological polar surface area (TPSA) is 148 Å². The van der Waals surface area contributed by atoms with Crippen molar-refractivity contribution in [2.24, 2.45) is 5.73 Å². The predicted octanol–water partition coefficient (Wildman–Crippen LogP) is 2.15. The van der Waals surface area contributed by atoms with E-state index in [1.54, 1.807) is 18.2 Å². The van der Waals surface area contributed by atoms with Crippen LogP contribution in [0.1, 0.15) is 29.6 Å². The fourth-order valence-electron chi connectivity index (χ4n) is 3.44. The summed E-state index contributed by atoms with van der Waals surface area (Å²) in [6.45, 7) is 0.464. The van der Waals surface area contributed by atoms with Gasteiger partial charge >= 0.3 is 5.97 Å². The number of hydrogen-bond donors (Lipinski definition) is 3. The first-order chi connectivity index (χ1) is 15.0. The van der Waals surface area contributed by atoms with Gasteiger partial charge in [-0.3, -0.25) is 14.6 Å². The molecule has 1 aliphatic carbocycles. The van der Waals surface area contributed by atoms with Gasteiger partial charge in [0.2, 0.25) is 5.43 Å². The Kier molecular flexibility index (Phi) is 5.59. The van der Waals surface area contributed by atoms with Crippen molar-refractivity contribution in [2.45, 2.75) is 25.3 Å². The Morgan fingerprint density at radius 2 is 2.03 bits per heavy atom. The Balaban J connectivity index is 1.71. The molecule has 1 aliphatic heterocycles. The number of unbranched alkanes of at least 4 members (excludes halogenated alkanes) is 1. The van der Waals surface area contributed by atoms with Crippen molar-refractivity contribution < 1.29 is 19.1 Å². The van der Waals surface area contributed by atoms with Gasteiger partial charge in [0.05, 0.1) is 0 Å². The molecule has 0 bridgehead atoms. The molecule has 0 fully saturated rings. The number of amides is 1. The molecule has 4 rings (SSSR count).